The van der Waals surface area contributed by atoms with Gasteiger partial charge in [-0.3, -0.25) is 0 Å². The molecule has 6 heteroatoms. The molecule has 0 saturated carbocycles. The molecule has 0 bridgehead atoms. The molecule has 0 atom stereocenters. The van der Waals surface area contributed by atoms with Crippen molar-refractivity contribution in [2.75, 3.05) is 17.6 Å². The summed E-state index contributed by atoms with van der Waals surface area (Å²) in [5, 5.41) is 5.39. The van der Waals surface area contributed by atoms with Gasteiger partial charge in [0.05, 0.1) is 10.6 Å². The average molecular weight is 346 g/mol. The number of hydrogen-bond donors (Lipinski definition) is 2. The Morgan fingerprint density at radius 1 is 1.00 bits per heavy atom. The van der Waals surface area contributed by atoms with Gasteiger partial charge in [0, 0.05) is 12.2 Å². The topological polar surface area (TPSA) is 75.3 Å². The van der Waals surface area contributed by atoms with Gasteiger partial charge in [0.25, 0.3) is 0 Å². The van der Waals surface area contributed by atoms with Crippen molar-refractivity contribution in [1.29, 1.82) is 0 Å². The zero-order valence-corrected chi connectivity index (χ0v) is 14.7. The first-order valence-electron chi connectivity index (χ1n) is 7.78. The van der Waals surface area contributed by atoms with Crippen LogP contribution in [0.2, 0.25) is 0 Å². The van der Waals surface area contributed by atoms with Crippen LogP contribution in [0.1, 0.15) is 17.5 Å². The fourth-order valence-electron chi connectivity index (χ4n) is 2.23. The molecule has 0 aliphatic carbocycles. The molecule has 2 N–H and O–H groups in total. The molecule has 0 spiro atoms. The van der Waals surface area contributed by atoms with Crippen LogP contribution in [0.15, 0.2) is 53.4 Å². The lowest BCUT2D eigenvalue weighted by Gasteiger charge is -2.09. The van der Waals surface area contributed by atoms with Crippen LogP contribution in [0, 0.1) is 13.8 Å². The van der Waals surface area contributed by atoms with Crippen molar-refractivity contribution in [3.63, 3.8) is 0 Å². The maximum Gasteiger partial charge on any atom is 0.319 e. The quantitative estimate of drug-likeness (QED) is 0.788. The standard InChI is InChI=1S/C18H22N2O3S/c1-14-7-9-17(10-8-14)24(22,23)12-4-11-19-18(21)20-16-6-3-5-15(2)13-16/h3,5-10,13H,4,11-12H2,1-2H3,(H2,19,20,21). The largest absolute Gasteiger partial charge is 0.338 e. The lowest BCUT2D eigenvalue weighted by atomic mass is 10.2. The normalized spacial score (nSPS) is 11.1. The molecule has 0 fully saturated rings. The predicted molar refractivity (Wildman–Crippen MR) is 96.0 cm³/mol. The number of rotatable bonds is 6. The number of aryl methyl sites for hydroxylation is 2. The number of carbonyl (C=O) groups excluding carboxylic acids is 1. The van der Waals surface area contributed by atoms with Crippen LogP contribution in [0.25, 0.3) is 0 Å². The van der Waals surface area contributed by atoms with Gasteiger partial charge in [0.15, 0.2) is 9.84 Å². The smallest absolute Gasteiger partial charge is 0.319 e. The Labute approximate surface area is 143 Å². The Morgan fingerprint density at radius 2 is 1.71 bits per heavy atom. The summed E-state index contributed by atoms with van der Waals surface area (Å²) in [6.45, 7) is 4.15. The lowest BCUT2D eigenvalue weighted by Crippen LogP contribution is -2.30. The molecule has 2 amide bonds. The van der Waals surface area contributed by atoms with E-state index in [-0.39, 0.29) is 11.8 Å². The molecule has 24 heavy (non-hydrogen) atoms. The van der Waals surface area contributed by atoms with Crippen molar-refractivity contribution in [2.45, 2.75) is 25.2 Å². The van der Waals surface area contributed by atoms with Gasteiger partial charge >= 0.3 is 6.03 Å². The third-order valence-corrected chi connectivity index (χ3v) is 5.35. The maximum absolute atomic E-state index is 12.2. The van der Waals surface area contributed by atoms with E-state index >= 15 is 0 Å². The first-order valence-corrected chi connectivity index (χ1v) is 9.43. The van der Waals surface area contributed by atoms with Gasteiger partial charge in [-0.25, -0.2) is 13.2 Å². The van der Waals surface area contributed by atoms with Crippen LogP contribution in [0.5, 0.6) is 0 Å². The number of benzene rings is 2. The minimum atomic E-state index is -3.31. The highest BCUT2D eigenvalue weighted by Crippen LogP contribution is 2.13. The van der Waals surface area contributed by atoms with E-state index in [2.05, 4.69) is 10.6 Å². The molecule has 5 nitrogen and oxygen atoms in total. The summed E-state index contributed by atoms with van der Waals surface area (Å²) in [6, 6.07) is 13.9. The average Bonchev–Trinajstić information content (AvgIpc) is 2.52. The first-order chi connectivity index (χ1) is 11.4. The van der Waals surface area contributed by atoms with Crippen molar-refractivity contribution in [3.05, 3.63) is 59.7 Å². The van der Waals surface area contributed by atoms with Gasteiger partial charge < -0.3 is 10.6 Å². The van der Waals surface area contributed by atoms with Crippen LogP contribution in [0.4, 0.5) is 10.5 Å². The Kier molecular flexibility index (Phi) is 5.98. The Hall–Kier alpha value is -2.34. The van der Waals surface area contributed by atoms with E-state index in [0.717, 1.165) is 11.1 Å². The Bertz CT molecular complexity index is 799. The summed E-state index contributed by atoms with van der Waals surface area (Å²) in [4.78, 5) is 12.1. The van der Waals surface area contributed by atoms with Gasteiger partial charge in [-0.2, -0.15) is 0 Å². The number of urea groups is 1. The highest BCUT2D eigenvalue weighted by atomic mass is 32.2. The van der Waals surface area contributed by atoms with E-state index < -0.39 is 9.84 Å². The lowest BCUT2D eigenvalue weighted by molar-refractivity contribution is 0.252. The van der Waals surface area contributed by atoms with Gasteiger partial charge in [0.2, 0.25) is 0 Å². The third kappa shape index (κ3) is 5.38. The van der Waals surface area contributed by atoms with Gasteiger partial charge in [0.1, 0.15) is 0 Å². The summed E-state index contributed by atoms with van der Waals surface area (Å²) in [7, 11) is -3.31. The molecule has 0 radical (unpaired) electrons. The van der Waals surface area contributed by atoms with E-state index in [0.29, 0.717) is 23.5 Å². The highest BCUT2D eigenvalue weighted by Gasteiger charge is 2.13. The molecule has 0 saturated heterocycles. The summed E-state index contributed by atoms with van der Waals surface area (Å²) in [5.74, 6) is 0.000780. The first kappa shape index (κ1) is 18.0. The molecule has 0 unspecified atom stereocenters. The summed E-state index contributed by atoms with van der Waals surface area (Å²) < 4.78 is 24.4. The molecular formula is C18H22N2O3S. The number of nitrogens with one attached hydrogen (secondary N) is 2. The van der Waals surface area contributed by atoms with Crippen LogP contribution in [0.3, 0.4) is 0 Å². The van der Waals surface area contributed by atoms with E-state index in [1.807, 2.05) is 32.0 Å². The number of sulfone groups is 1. The van der Waals surface area contributed by atoms with Crippen LogP contribution < -0.4 is 10.6 Å². The second kappa shape index (κ2) is 7.97. The fraction of sp³-hybridized carbons (Fsp3) is 0.278. The van der Waals surface area contributed by atoms with Crippen molar-refractivity contribution in [2.24, 2.45) is 0 Å². The fourth-order valence-corrected chi connectivity index (χ4v) is 3.54. The zero-order valence-electron chi connectivity index (χ0n) is 13.9. The maximum atomic E-state index is 12.2. The molecule has 0 aromatic heterocycles. The molecule has 128 valence electrons. The summed E-state index contributed by atoms with van der Waals surface area (Å²) in [6.07, 6.45) is 0.359. The summed E-state index contributed by atoms with van der Waals surface area (Å²) in [5.41, 5.74) is 2.78. The van der Waals surface area contributed by atoms with E-state index in [1.165, 1.54) is 0 Å². The van der Waals surface area contributed by atoms with Crippen LogP contribution >= 0.6 is 0 Å². The monoisotopic (exact) mass is 346 g/mol. The number of anilines is 1. The van der Waals surface area contributed by atoms with E-state index in [4.69, 9.17) is 0 Å². The van der Waals surface area contributed by atoms with E-state index in [9.17, 15) is 13.2 Å². The van der Waals surface area contributed by atoms with E-state index in [1.54, 1.807) is 30.3 Å². The zero-order chi connectivity index (χ0) is 17.6. The summed E-state index contributed by atoms with van der Waals surface area (Å²) >= 11 is 0. The van der Waals surface area contributed by atoms with Crippen LogP contribution in [-0.4, -0.2) is 26.7 Å². The van der Waals surface area contributed by atoms with Crippen molar-refractivity contribution < 1.29 is 13.2 Å². The molecule has 0 aliphatic heterocycles. The molecule has 2 rings (SSSR count). The Balaban J connectivity index is 1.77. The highest BCUT2D eigenvalue weighted by molar-refractivity contribution is 7.91. The second-order valence-corrected chi connectivity index (χ2v) is 7.85. The number of amides is 2. The van der Waals surface area contributed by atoms with Crippen molar-refractivity contribution >= 4 is 21.6 Å². The van der Waals surface area contributed by atoms with Crippen molar-refractivity contribution in [3.8, 4) is 0 Å². The van der Waals surface area contributed by atoms with Gasteiger partial charge in [-0.05, 0) is 50.1 Å². The minimum absolute atomic E-state index is 0.000780. The minimum Gasteiger partial charge on any atom is -0.338 e. The number of hydrogen-bond acceptors (Lipinski definition) is 3. The SMILES string of the molecule is Cc1ccc(S(=O)(=O)CCCNC(=O)Nc2cccc(C)c2)cc1. The number of carbonyl (C=O) groups is 1. The van der Waals surface area contributed by atoms with Gasteiger partial charge in [-0.15, -0.1) is 0 Å². The molecule has 0 heterocycles. The molecule has 2 aromatic carbocycles. The van der Waals surface area contributed by atoms with Crippen LogP contribution in [-0.2, 0) is 9.84 Å². The molecule has 0 aliphatic rings. The second-order valence-electron chi connectivity index (χ2n) is 5.74. The predicted octanol–water partition coefficient (Wildman–Crippen LogP) is 3.29. The van der Waals surface area contributed by atoms with Crippen molar-refractivity contribution in [1.82, 2.24) is 5.32 Å². The van der Waals surface area contributed by atoms with Gasteiger partial charge in [-0.1, -0.05) is 29.8 Å². The molecular weight excluding hydrogens is 324 g/mol. The molecule has 2 aromatic rings. The Morgan fingerprint density at radius 3 is 2.38 bits per heavy atom. The third-order valence-electron chi connectivity index (χ3n) is 3.53.